The third-order valence-electron chi connectivity index (χ3n) is 2.92. The zero-order valence-electron chi connectivity index (χ0n) is 11.8. The van der Waals surface area contributed by atoms with E-state index in [2.05, 4.69) is 21.2 Å². The molecule has 0 atom stereocenters. The van der Waals surface area contributed by atoms with Gasteiger partial charge in [-0.15, -0.1) is 11.8 Å². The number of carboxylic acids is 1. The number of anilines is 1. The Bertz CT molecular complexity index is 701. The van der Waals surface area contributed by atoms with E-state index < -0.39 is 5.97 Å². The van der Waals surface area contributed by atoms with Crippen molar-refractivity contribution in [1.29, 1.82) is 0 Å². The highest BCUT2D eigenvalue weighted by Crippen LogP contribution is 2.21. The molecule has 0 aromatic heterocycles. The van der Waals surface area contributed by atoms with E-state index in [0.717, 1.165) is 9.37 Å². The number of carbonyl (C=O) groups excluding carboxylic acids is 2. The maximum atomic E-state index is 12.0. The molecule has 2 aromatic rings. The van der Waals surface area contributed by atoms with Crippen molar-refractivity contribution >= 4 is 45.3 Å². The molecule has 0 saturated heterocycles. The lowest BCUT2D eigenvalue weighted by Gasteiger charge is -2.10. The first kappa shape index (κ1) is 16.6. The lowest BCUT2D eigenvalue weighted by Crippen LogP contribution is -2.22. The van der Waals surface area contributed by atoms with Crippen molar-refractivity contribution in [1.82, 2.24) is 0 Å². The van der Waals surface area contributed by atoms with Gasteiger partial charge in [0.2, 0.25) is 5.91 Å². The highest BCUT2D eigenvalue weighted by molar-refractivity contribution is 9.10. The van der Waals surface area contributed by atoms with Gasteiger partial charge in [0.25, 0.3) is 0 Å². The second kappa shape index (κ2) is 7.47. The molecule has 0 spiro atoms. The van der Waals surface area contributed by atoms with E-state index in [0.29, 0.717) is 11.3 Å². The summed E-state index contributed by atoms with van der Waals surface area (Å²) in [4.78, 5) is 23.7. The summed E-state index contributed by atoms with van der Waals surface area (Å²) >= 11 is 4.79. The second-order valence-electron chi connectivity index (χ2n) is 4.61. The molecule has 0 radical (unpaired) electrons. The van der Waals surface area contributed by atoms with Crippen LogP contribution < -0.4 is 10.4 Å². The average molecular weight is 379 g/mol. The lowest BCUT2D eigenvalue weighted by molar-refractivity contribution is -0.255. The van der Waals surface area contributed by atoms with Crippen LogP contribution in [0.5, 0.6) is 0 Å². The van der Waals surface area contributed by atoms with Gasteiger partial charge in [-0.3, -0.25) is 4.79 Å². The third-order valence-corrected chi connectivity index (χ3v) is 4.46. The molecule has 0 fully saturated rings. The summed E-state index contributed by atoms with van der Waals surface area (Å²) in [5.41, 5.74) is 1.38. The molecule has 0 aliphatic carbocycles. The van der Waals surface area contributed by atoms with Crippen LogP contribution in [0.3, 0.4) is 0 Å². The first-order chi connectivity index (χ1) is 10.5. The Morgan fingerprint density at radius 2 is 1.86 bits per heavy atom. The second-order valence-corrected chi connectivity index (χ2v) is 6.57. The molecule has 0 unspecified atom stereocenters. The van der Waals surface area contributed by atoms with E-state index in [4.69, 9.17) is 0 Å². The lowest BCUT2D eigenvalue weighted by atomic mass is 10.1. The number of hydrogen-bond donors (Lipinski definition) is 1. The van der Waals surface area contributed by atoms with Crippen molar-refractivity contribution in [2.75, 3.05) is 11.1 Å². The predicted molar refractivity (Wildman–Crippen MR) is 89.0 cm³/mol. The molecule has 1 amide bonds. The van der Waals surface area contributed by atoms with Crippen molar-refractivity contribution in [2.24, 2.45) is 0 Å². The van der Waals surface area contributed by atoms with Crippen LogP contribution in [0.2, 0.25) is 0 Å². The summed E-state index contributed by atoms with van der Waals surface area (Å²) in [5, 5.41) is 13.5. The number of thioether (sulfide) groups is 1. The Morgan fingerprint density at radius 1 is 1.18 bits per heavy atom. The molecule has 2 rings (SSSR count). The van der Waals surface area contributed by atoms with Gasteiger partial charge in [-0.05, 0) is 54.4 Å². The number of carbonyl (C=O) groups is 2. The number of halogens is 1. The van der Waals surface area contributed by atoms with Gasteiger partial charge in [0.1, 0.15) is 0 Å². The Labute approximate surface area is 141 Å². The normalized spacial score (nSPS) is 10.3. The van der Waals surface area contributed by atoms with Crippen LogP contribution in [0.25, 0.3) is 0 Å². The summed E-state index contributed by atoms with van der Waals surface area (Å²) in [5.74, 6) is -1.09. The van der Waals surface area contributed by atoms with Crippen molar-refractivity contribution in [3.05, 3.63) is 58.1 Å². The maximum Gasteiger partial charge on any atom is 0.234 e. The average Bonchev–Trinajstić information content (AvgIpc) is 2.48. The van der Waals surface area contributed by atoms with Crippen molar-refractivity contribution in [3.63, 3.8) is 0 Å². The van der Waals surface area contributed by atoms with E-state index in [1.54, 1.807) is 13.0 Å². The SMILES string of the molecule is Cc1cc(C(=O)[O-])ccc1NC(=O)CSc1ccc(Br)cc1. The van der Waals surface area contributed by atoms with Gasteiger partial charge in [-0.25, -0.2) is 0 Å². The number of benzene rings is 2. The van der Waals surface area contributed by atoms with Gasteiger partial charge in [0.15, 0.2) is 0 Å². The van der Waals surface area contributed by atoms with E-state index in [9.17, 15) is 14.7 Å². The van der Waals surface area contributed by atoms with Gasteiger partial charge in [-0.2, -0.15) is 0 Å². The molecule has 0 saturated carbocycles. The van der Waals surface area contributed by atoms with Crippen molar-refractivity contribution in [3.8, 4) is 0 Å². The van der Waals surface area contributed by atoms with Gasteiger partial charge in [0, 0.05) is 15.1 Å². The van der Waals surface area contributed by atoms with Crippen LogP contribution in [0.15, 0.2) is 51.8 Å². The fraction of sp³-hybridized carbons (Fsp3) is 0.125. The number of aryl methyl sites for hydroxylation is 1. The summed E-state index contributed by atoms with van der Waals surface area (Å²) in [6.07, 6.45) is 0. The molecule has 6 heteroatoms. The first-order valence-electron chi connectivity index (χ1n) is 6.46. The number of hydrogen-bond acceptors (Lipinski definition) is 4. The minimum atomic E-state index is -1.23. The molecule has 0 aliphatic rings. The number of aromatic carboxylic acids is 1. The summed E-state index contributed by atoms with van der Waals surface area (Å²) in [6, 6.07) is 12.2. The fourth-order valence-corrected chi connectivity index (χ4v) is 2.76. The maximum absolute atomic E-state index is 12.0. The molecule has 114 valence electrons. The molecular formula is C16H13BrNO3S-. The minimum Gasteiger partial charge on any atom is -0.545 e. The predicted octanol–water partition coefficient (Wildman–Crippen LogP) is 2.85. The van der Waals surface area contributed by atoms with Crippen LogP contribution in [-0.4, -0.2) is 17.6 Å². The summed E-state index contributed by atoms with van der Waals surface area (Å²) < 4.78 is 0.991. The summed E-state index contributed by atoms with van der Waals surface area (Å²) in [7, 11) is 0. The molecule has 2 aromatic carbocycles. The molecule has 0 heterocycles. The van der Waals surface area contributed by atoms with Gasteiger partial charge in [0.05, 0.1) is 11.7 Å². The Morgan fingerprint density at radius 3 is 2.45 bits per heavy atom. The van der Waals surface area contributed by atoms with Crippen molar-refractivity contribution in [2.45, 2.75) is 11.8 Å². The largest absolute Gasteiger partial charge is 0.545 e. The van der Waals surface area contributed by atoms with Gasteiger partial charge >= 0.3 is 0 Å². The van der Waals surface area contributed by atoms with E-state index in [-0.39, 0.29) is 17.2 Å². The molecule has 4 nitrogen and oxygen atoms in total. The first-order valence-corrected chi connectivity index (χ1v) is 8.24. The smallest absolute Gasteiger partial charge is 0.234 e. The topological polar surface area (TPSA) is 69.2 Å². The van der Waals surface area contributed by atoms with Crippen LogP contribution in [-0.2, 0) is 4.79 Å². The summed E-state index contributed by atoms with van der Waals surface area (Å²) in [6.45, 7) is 1.74. The standard InChI is InChI=1S/C16H14BrNO3S/c1-10-8-11(16(20)21)2-7-14(10)18-15(19)9-22-13-5-3-12(17)4-6-13/h2-8H,9H2,1H3,(H,18,19)(H,20,21)/p-1. The Balaban J connectivity index is 1.94. The molecule has 1 N–H and O–H groups in total. The molecular weight excluding hydrogens is 366 g/mol. The molecule has 22 heavy (non-hydrogen) atoms. The number of carboxylic acid groups (broad SMARTS) is 1. The number of amides is 1. The quantitative estimate of drug-likeness (QED) is 0.812. The van der Waals surface area contributed by atoms with E-state index >= 15 is 0 Å². The molecule has 0 aliphatic heterocycles. The zero-order chi connectivity index (χ0) is 16.1. The van der Waals surface area contributed by atoms with Crippen LogP contribution >= 0.6 is 27.7 Å². The van der Waals surface area contributed by atoms with Gasteiger partial charge < -0.3 is 15.2 Å². The highest BCUT2D eigenvalue weighted by atomic mass is 79.9. The van der Waals surface area contributed by atoms with Crippen LogP contribution in [0, 0.1) is 6.92 Å². The Hall–Kier alpha value is -1.79. The van der Waals surface area contributed by atoms with Crippen LogP contribution in [0.1, 0.15) is 15.9 Å². The molecule has 0 bridgehead atoms. The number of rotatable bonds is 5. The highest BCUT2D eigenvalue weighted by Gasteiger charge is 2.07. The van der Waals surface area contributed by atoms with Crippen LogP contribution in [0.4, 0.5) is 5.69 Å². The third kappa shape index (κ3) is 4.61. The van der Waals surface area contributed by atoms with E-state index in [1.165, 1.54) is 23.9 Å². The van der Waals surface area contributed by atoms with Gasteiger partial charge in [-0.1, -0.05) is 22.0 Å². The fourth-order valence-electron chi connectivity index (χ4n) is 1.80. The minimum absolute atomic E-state index is 0.0970. The zero-order valence-corrected chi connectivity index (χ0v) is 14.2. The number of nitrogens with one attached hydrogen (secondary N) is 1. The monoisotopic (exact) mass is 378 g/mol. The van der Waals surface area contributed by atoms with E-state index in [1.807, 2.05) is 24.3 Å². The van der Waals surface area contributed by atoms with Crippen molar-refractivity contribution < 1.29 is 14.7 Å². The Kier molecular flexibility index (Phi) is 5.63.